The van der Waals surface area contributed by atoms with E-state index < -0.39 is 29.7 Å². The van der Waals surface area contributed by atoms with E-state index in [9.17, 15) is 19.2 Å². The molecule has 1 aromatic carbocycles. The Hall–Kier alpha value is -1.78. The molecule has 0 bridgehead atoms. The molecular formula is C21H25IN2O9S. The van der Waals surface area contributed by atoms with Crippen molar-refractivity contribution in [1.82, 2.24) is 10.2 Å². The summed E-state index contributed by atoms with van der Waals surface area (Å²) in [4.78, 5) is 49.9. The Morgan fingerprint density at radius 1 is 0.882 bits per heavy atom. The van der Waals surface area contributed by atoms with Gasteiger partial charge in [-0.1, -0.05) is 0 Å². The Labute approximate surface area is 212 Å². The molecule has 1 atom stereocenters. The van der Waals surface area contributed by atoms with E-state index in [1.165, 1.54) is 21.3 Å². The Morgan fingerprint density at radius 3 is 2.15 bits per heavy atom. The largest absolute Gasteiger partial charge is 0.491 e. The normalized spacial score (nSPS) is 17.8. The van der Waals surface area contributed by atoms with Crippen LogP contribution in [0.3, 0.4) is 0 Å². The SMILES string of the molecule is O=C1CCC(N2C(=O)c3ccc(OCCOCCOCCOCCOSI)cc3C2=O)C(=O)N1. The van der Waals surface area contributed by atoms with Crippen molar-refractivity contribution < 1.29 is 42.3 Å². The molecule has 1 fully saturated rings. The molecule has 0 aromatic heterocycles. The first-order chi connectivity index (χ1) is 16.5. The van der Waals surface area contributed by atoms with Gasteiger partial charge in [0.1, 0.15) is 18.4 Å². The summed E-state index contributed by atoms with van der Waals surface area (Å²) in [6, 6.07) is 3.57. The van der Waals surface area contributed by atoms with Gasteiger partial charge in [-0.15, -0.1) is 0 Å². The monoisotopic (exact) mass is 608 g/mol. The highest BCUT2D eigenvalue weighted by Crippen LogP contribution is 2.30. The van der Waals surface area contributed by atoms with E-state index in [0.717, 1.165) is 4.90 Å². The van der Waals surface area contributed by atoms with Crippen LogP contribution in [0.2, 0.25) is 0 Å². The van der Waals surface area contributed by atoms with Gasteiger partial charge in [0, 0.05) is 27.6 Å². The third-order valence-corrected chi connectivity index (χ3v) is 6.03. The number of ether oxygens (including phenoxy) is 4. The van der Waals surface area contributed by atoms with Gasteiger partial charge in [-0.25, -0.2) is 0 Å². The minimum absolute atomic E-state index is 0.0740. The number of carbonyl (C=O) groups is 4. The van der Waals surface area contributed by atoms with E-state index in [4.69, 9.17) is 23.1 Å². The number of nitrogens with one attached hydrogen (secondary N) is 1. The molecule has 1 aromatic rings. The van der Waals surface area contributed by atoms with Gasteiger partial charge in [0.15, 0.2) is 0 Å². The predicted octanol–water partition coefficient (Wildman–Crippen LogP) is 1.53. The van der Waals surface area contributed by atoms with Gasteiger partial charge in [0.25, 0.3) is 11.8 Å². The van der Waals surface area contributed by atoms with Gasteiger partial charge in [-0.2, -0.15) is 0 Å². The van der Waals surface area contributed by atoms with Gasteiger partial charge >= 0.3 is 0 Å². The van der Waals surface area contributed by atoms with E-state index in [-0.39, 0.29) is 30.6 Å². The molecule has 2 aliphatic rings. The molecule has 1 N–H and O–H groups in total. The van der Waals surface area contributed by atoms with Gasteiger partial charge in [-0.05, 0) is 24.6 Å². The minimum atomic E-state index is -0.995. The Morgan fingerprint density at radius 2 is 1.50 bits per heavy atom. The summed E-state index contributed by atoms with van der Waals surface area (Å²) in [5.41, 5.74) is 0.374. The maximum absolute atomic E-state index is 12.8. The molecule has 2 aliphatic heterocycles. The topological polar surface area (TPSA) is 130 Å². The van der Waals surface area contributed by atoms with Crippen LogP contribution in [-0.2, 0) is 28.0 Å². The average Bonchev–Trinajstić information content (AvgIpc) is 3.06. The number of fused-ring (bicyclic) bond motifs is 1. The first kappa shape index (κ1) is 26.8. The lowest BCUT2D eigenvalue weighted by molar-refractivity contribution is -0.136. The molecule has 0 spiro atoms. The van der Waals surface area contributed by atoms with Crippen LogP contribution in [-0.4, -0.2) is 87.4 Å². The van der Waals surface area contributed by atoms with E-state index in [2.05, 4.69) is 5.32 Å². The summed E-state index contributed by atoms with van der Waals surface area (Å²) in [5, 5.41) is 2.17. The summed E-state index contributed by atoms with van der Waals surface area (Å²) in [6.07, 6.45) is 0.186. The smallest absolute Gasteiger partial charge is 0.262 e. The van der Waals surface area contributed by atoms with E-state index >= 15 is 0 Å². The first-order valence-corrected chi connectivity index (χ1v) is 13.9. The molecule has 13 heteroatoms. The molecule has 11 nitrogen and oxygen atoms in total. The Kier molecular flexibility index (Phi) is 11.0. The molecule has 34 heavy (non-hydrogen) atoms. The number of carbonyl (C=O) groups excluding carboxylic acids is 4. The number of hydrogen-bond donors (Lipinski definition) is 1. The molecular weight excluding hydrogens is 583 g/mol. The lowest BCUT2D eigenvalue weighted by Gasteiger charge is -2.27. The standard InChI is InChI=1S/C21H25IN2O9S/c22-34-33-12-10-31-8-6-29-5-7-30-9-11-32-14-1-2-15-16(13-14)21(28)24(20(15)27)17-3-4-18(25)23-19(17)26/h1-2,13,17H,3-12H2,(H,23,25,26). The quantitative estimate of drug-likeness (QED) is 0.136. The lowest BCUT2D eigenvalue weighted by atomic mass is 10.0. The van der Waals surface area contributed by atoms with Gasteiger partial charge in [0.2, 0.25) is 11.8 Å². The number of hydrogen-bond acceptors (Lipinski definition) is 10. The van der Waals surface area contributed by atoms with Crippen LogP contribution in [0.4, 0.5) is 0 Å². The number of halogens is 1. The number of nitrogens with zero attached hydrogens (tertiary/aromatic N) is 1. The van der Waals surface area contributed by atoms with Gasteiger partial charge < -0.3 is 23.1 Å². The van der Waals surface area contributed by atoms with Crippen molar-refractivity contribution in [3.8, 4) is 5.75 Å². The van der Waals surface area contributed by atoms with Gasteiger partial charge in [0.05, 0.1) is 66.6 Å². The molecule has 0 saturated carbocycles. The summed E-state index contributed by atoms with van der Waals surface area (Å²) in [7, 11) is 1.27. The molecule has 4 amide bonds. The highest BCUT2D eigenvalue weighted by atomic mass is 127. The fourth-order valence-electron chi connectivity index (χ4n) is 3.42. The average molecular weight is 608 g/mol. The summed E-state index contributed by atoms with van der Waals surface area (Å²) in [6.45, 7) is 3.39. The van der Waals surface area contributed by atoms with E-state index in [1.807, 2.05) is 21.2 Å². The predicted molar refractivity (Wildman–Crippen MR) is 129 cm³/mol. The van der Waals surface area contributed by atoms with Crippen LogP contribution in [0.15, 0.2) is 18.2 Å². The number of rotatable bonds is 15. The first-order valence-electron chi connectivity index (χ1n) is 10.6. The maximum atomic E-state index is 12.8. The molecule has 186 valence electrons. The number of amides is 4. The second kappa shape index (κ2) is 13.9. The lowest BCUT2D eigenvalue weighted by Crippen LogP contribution is -2.54. The number of piperidine rings is 1. The molecule has 0 aliphatic carbocycles. The summed E-state index contributed by atoms with van der Waals surface area (Å²) < 4.78 is 26.8. The molecule has 2 heterocycles. The second-order valence-electron chi connectivity index (χ2n) is 7.23. The zero-order chi connectivity index (χ0) is 24.3. The maximum Gasteiger partial charge on any atom is 0.262 e. The summed E-state index contributed by atoms with van der Waals surface area (Å²) >= 11 is 2.04. The highest BCUT2D eigenvalue weighted by molar-refractivity contribution is 14.2. The molecule has 0 radical (unpaired) electrons. The zero-order valence-electron chi connectivity index (χ0n) is 18.3. The number of imide groups is 2. The van der Waals surface area contributed by atoms with Crippen molar-refractivity contribution in [1.29, 1.82) is 0 Å². The molecule has 1 unspecified atom stereocenters. The van der Waals surface area contributed by atoms with Crippen molar-refractivity contribution in [3.05, 3.63) is 29.3 Å². The third-order valence-electron chi connectivity index (χ3n) is 5.01. The highest BCUT2D eigenvalue weighted by Gasteiger charge is 2.44. The molecule has 1 saturated heterocycles. The van der Waals surface area contributed by atoms with E-state index in [1.54, 1.807) is 6.07 Å². The van der Waals surface area contributed by atoms with E-state index in [0.29, 0.717) is 52.0 Å². The third kappa shape index (κ3) is 7.36. The second-order valence-corrected chi connectivity index (χ2v) is 8.67. The Bertz CT molecular complexity index is 901. The van der Waals surface area contributed by atoms with Crippen LogP contribution in [0.1, 0.15) is 33.6 Å². The van der Waals surface area contributed by atoms with Crippen molar-refractivity contribution in [2.45, 2.75) is 18.9 Å². The van der Waals surface area contributed by atoms with Crippen molar-refractivity contribution in [2.75, 3.05) is 52.9 Å². The fraction of sp³-hybridized carbons (Fsp3) is 0.524. The van der Waals surface area contributed by atoms with Crippen LogP contribution in [0.25, 0.3) is 0 Å². The van der Waals surface area contributed by atoms with Crippen molar-refractivity contribution in [2.24, 2.45) is 0 Å². The summed E-state index contributed by atoms with van der Waals surface area (Å²) in [5.74, 6) is -1.77. The number of benzene rings is 1. The van der Waals surface area contributed by atoms with Gasteiger partial charge in [-0.3, -0.25) is 29.4 Å². The van der Waals surface area contributed by atoms with Crippen LogP contribution < -0.4 is 10.1 Å². The van der Waals surface area contributed by atoms with Crippen molar-refractivity contribution >= 4 is 54.0 Å². The Balaban J connectivity index is 1.34. The van der Waals surface area contributed by atoms with Crippen LogP contribution >= 0.6 is 30.4 Å². The molecule has 3 rings (SSSR count). The minimum Gasteiger partial charge on any atom is -0.491 e. The zero-order valence-corrected chi connectivity index (χ0v) is 21.3. The van der Waals surface area contributed by atoms with Crippen molar-refractivity contribution in [3.63, 3.8) is 0 Å². The van der Waals surface area contributed by atoms with Crippen LogP contribution in [0.5, 0.6) is 5.75 Å². The fourth-order valence-corrected chi connectivity index (χ4v) is 4.10. The van der Waals surface area contributed by atoms with Crippen LogP contribution in [0, 0.1) is 0 Å².